The lowest BCUT2D eigenvalue weighted by Gasteiger charge is -2.30. The van der Waals surface area contributed by atoms with Crippen molar-refractivity contribution in [1.29, 1.82) is 0 Å². The highest BCUT2D eigenvalue weighted by atomic mass is 19.4. The van der Waals surface area contributed by atoms with Crippen LogP contribution in [0, 0.1) is 11.7 Å². The molecule has 1 aliphatic carbocycles. The molecule has 1 aromatic carbocycles. The maximum absolute atomic E-state index is 13.9. The van der Waals surface area contributed by atoms with Gasteiger partial charge >= 0.3 is 6.18 Å². The number of benzene rings is 1. The first kappa shape index (κ1) is 15.3. The van der Waals surface area contributed by atoms with Crippen molar-refractivity contribution in [3.63, 3.8) is 0 Å². The fourth-order valence-corrected chi connectivity index (χ4v) is 2.62. The maximum atomic E-state index is 13.9. The van der Waals surface area contributed by atoms with Crippen LogP contribution in [-0.4, -0.2) is 6.54 Å². The van der Waals surface area contributed by atoms with E-state index in [1.165, 1.54) is 0 Å². The summed E-state index contributed by atoms with van der Waals surface area (Å²) in [6.45, 7) is 2.48. The summed E-state index contributed by atoms with van der Waals surface area (Å²) in [7, 11) is 0. The molecular weight excluding hydrogens is 270 g/mol. The molecule has 5 heteroatoms. The van der Waals surface area contributed by atoms with Crippen molar-refractivity contribution in [2.45, 2.75) is 44.8 Å². The summed E-state index contributed by atoms with van der Waals surface area (Å²) < 4.78 is 52.1. The maximum Gasteiger partial charge on any atom is 0.416 e. The number of nitrogens with one attached hydrogen (secondary N) is 1. The van der Waals surface area contributed by atoms with Gasteiger partial charge < -0.3 is 5.32 Å². The van der Waals surface area contributed by atoms with Crippen molar-refractivity contribution in [2.75, 3.05) is 6.54 Å². The van der Waals surface area contributed by atoms with E-state index in [2.05, 4.69) is 5.32 Å². The van der Waals surface area contributed by atoms with Gasteiger partial charge in [-0.05, 0) is 37.1 Å². The minimum Gasteiger partial charge on any atom is -0.310 e. The van der Waals surface area contributed by atoms with Gasteiger partial charge in [-0.15, -0.1) is 0 Å². The van der Waals surface area contributed by atoms with Gasteiger partial charge in [-0.25, -0.2) is 4.39 Å². The summed E-state index contributed by atoms with van der Waals surface area (Å²) in [5.74, 6) is -0.0729. The van der Waals surface area contributed by atoms with Crippen molar-refractivity contribution in [1.82, 2.24) is 5.32 Å². The summed E-state index contributed by atoms with van der Waals surface area (Å²) in [6.07, 6.45) is -0.401. The van der Waals surface area contributed by atoms with E-state index in [1.807, 2.05) is 6.92 Å². The van der Waals surface area contributed by atoms with E-state index in [0.717, 1.165) is 37.5 Å². The van der Waals surface area contributed by atoms with Crippen molar-refractivity contribution in [3.05, 3.63) is 35.1 Å². The molecule has 1 aromatic rings. The lowest BCUT2D eigenvalue weighted by Crippen LogP contribution is -2.27. The third-order valence-corrected chi connectivity index (χ3v) is 3.94. The molecule has 0 aliphatic heterocycles. The quantitative estimate of drug-likeness (QED) is 0.776. The van der Waals surface area contributed by atoms with Crippen molar-refractivity contribution in [2.24, 2.45) is 5.92 Å². The molecule has 1 atom stereocenters. The van der Waals surface area contributed by atoms with Gasteiger partial charge in [-0.3, -0.25) is 0 Å². The molecule has 112 valence electrons. The molecule has 0 amide bonds. The predicted octanol–water partition coefficient (Wildman–Crippen LogP) is 4.69. The standard InChI is InChI=1S/C15H19F4N/c1-2-20-14(8-10-4-3-5-10)12-9-11(15(17,18)19)6-7-13(12)16/h6-7,9-10,14,20H,2-5,8H2,1H3. The number of hydrogen-bond donors (Lipinski definition) is 1. The Bertz CT molecular complexity index is 452. The molecule has 1 unspecified atom stereocenters. The molecular formula is C15H19F4N. The minimum atomic E-state index is -4.43. The monoisotopic (exact) mass is 289 g/mol. The van der Waals surface area contributed by atoms with E-state index >= 15 is 0 Å². The highest BCUT2D eigenvalue weighted by molar-refractivity contribution is 5.29. The van der Waals surface area contributed by atoms with Crippen LogP contribution in [0.2, 0.25) is 0 Å². The summed E-state index contributed by atoms with van der Waals surface area (Å²) in [5.41, 5.74) is -0.654. The molecule has 1 saturated carbocycles. The average molecular weight is 289 g/mol. The van der Waals surface area contributed by atoms with E-state index < -0.39 is 17.6 Å². The van der Waals surface area contributed by atoms with Crippen LogP contribution in [0.1, 0.15) is 49.8 Å². The first-order valence-corrected chi connectivity index (χ1v) is 7.01. The van der Waals surface area contributed by atoms with Crippen LogP contribution in [0.5, 0.6) is 0 Å². The molecule has 0 bridgehead atoms. The molecule has 20 heavy (non-hydrogen) atoms. The second kappa shape index (κ2) is 6.12. The Morgan fingerprint density at radius 3 is 2.50 bits per heavy atom. The van der Waals surface area contributed by atoms with Crippen molar-refractivity contribution < 1.29 is 17.6 Å². The summed E-state index contributed by atoms with van der Waals surface area (Å²) in [5, 5.41) is 3.11. The first-order chi connectivity index (χ1) is 9.41. The van der Waals surface area contributed by atoms with Gasteiger partial charge in [-0.2, -0.15) is 13.2 Å². The lowest BCUT2D eigenvalue weighted by atomic mass is 9.79. The molecule has 0 saturated heterocycles. The molecule has 1 aliphatic rings. The second-order valence-corrected chi connectivity index (χ2v) is 5.38. The van der Waals surface area contributed by atoms with Crippen LogP contribution in [0.25, 0.3) is 0 Å². The van der Waals surface area contributed by atoms with E-state index in [4.69, 9.17) is 0 Å². The number of rotatable bonds is 5. The second-order valence-electron chi connectivity index (χ2n) is 5.38. The molecule has 1 N–H and O–H groups in total. The number of halogens is 4. The molecule has 0 spiro atoms. The Labute approximate surface area is 116 Å². The van der Waals surface area contributed by atoms with Crippen LogP contribution in [0.15, 0.2) is 18.2 Å². The lowest BCUT2D eigenvalue weighted by molar-refractivity contribution is -0.137. The van der Waals surface area contributed by atoms with Gasteiger partial charge in [0.15, 0.2) is 0 Å². The topological polar surface area (TPSA) is 12.0 Å². The Morgan fingerprint density at radius 1 is 1.30 bits per heavy atom. The smallest absolute Gasteiger partial charge is 0.310 e. The zero-order valence-corrected chi connectivity index (χ0v) is 11.4. The molecule has 1 nitrogen and oxygen atoms in total. The van der Waals surface area contributed by atoms with Crippen LogP contribution in [0.4, 0.5) is 17.6 Å². The molecule has 0 radical (unpaired) electrons. The molecule has 2 rings (SSSR count). The summed E-state index contributed by atoms with van der Waals surface area (Å²) in [6, 6.07) is 2.32. The van der Waals surface area contributed by atoms with E-state index in [-0.39, 0.29) is 11.6 Å². The highest BCUT2D eigenvalue weighted by Crippen LogP contribution is 2.37. The zero-order chi connectivity index (χ0) is 14.8. The van der Waals surface area contributed by atoms with Crippen LogP contribution >= 0.6 is 0 Å². The van der Waals surface area contributed by atoms with Crippen molar-refractivity contribution >= 4 is 0 Å². The van der Waals surface area contributed by atoms with Gasteiger partial charge in [0.05, 0.1) is 5.56 Å². The fourth-order valence-electron chi connectivity index (χ4n) is 2.62. The predicted molar refractivity (Wildman–Crippen MR) is 69.8 cm³/mol. The Balaban J connectivity index is 2.25. The Kier molecular flexibility index (Phi) is 4.68. The van der Waals surface area contributed by atoms with Crippen LogP contribution in [-0.2, 0) is 6.18 Å². The average Bonchev–Trinajstić information content (AvgIpc) is 2.31. The summed E-state index contributed by atoms with van der Waals surface area (Å²) in [4.78, 5) is 0. The third-order valence-electron chi connectivity index (χ3n) is 3.94. The number of alkyl halides is 3. The highest BCUT2D eigenvalue weighted by Gasteiger charge is 2.32. The third kappa shape index (κ3) is 3.51. The Hall–Kier alpha value is -1.10. The fraction of sp³-hybridized carbons (Fsp3) is 0.600. The number of hydrogen-bond acceptors (Lipinski definition) is 1. The normalized spacial score (nSPS) is 17.9. The largest absolute Gasteiger partial charge is 0.416 e. The van der Waals surface area contributed by atoms with Crippen LogP contribution < -0.4 is 5.32 Å². The van der Waals surface area contributed by atoms with E-state index in [9.17, 15) is 17.6 Å². The molecule has 0 heterocycles. The first-order valence-electron chi connectivity index (χ1n) is 7.01. The summed E-state index contributed by atoms with van der Waals surface area (Å²) >= 11 is 0. The van der Waals surface area contributed by atoms with Crippen molar-refractivity contribution in [3.8, 4) is 0 Å². The van der Waals surface area contributed by atoms with E-state index in [0.29, 0.717) is 18.9 Å². The van der Waals surface area contributed by atoms with Gasteiger partial charge in [0.2, 0.25) is 0 Å². The van der Waals surface area contributed by atoms with Crippen LogP contribution in [0.3, 0.4) is 0 Å². The molecule has 0 aromatic heterocycles. The Morgan fingerprint density at radius 2 is 2.00 bits per heavy atom. The van der Waals surface area contributed by atoms with E-state index in [1.54, 1.807) is 0 Å². The minimum absolute atomic E-state index is 0.133. The zero-order valence-electron chi connectivity index (χ0n) is 11.4. The van der Waals surface area contributed by atoms with Gasteiger partial charge in [-0.1, -0.05) is 26.2 Å². The van der Waals surface area contributed by atoms with Gasteiger partial charge in [0.25, 0.3) is 0 Å². The molecule has 1 fully saturated rings. The van der Waals surface area contributed by atoms with Gasteiger partial charge in [0.1, 0.15) is 5.82 Å². The SMILES string of the molecule is CCNC(CC1CCC1)c1cc(C(F)(F)F)ccc1F. The van der Waals surface area contributed by atoms with Gasteiger partial charge in [0, 0.05) is 11.6 Å².